The molecule has 0 amide bonds. The standard InChI is InChI=1S/C11H14N2O6S2/c1-20(16,17)7-8-21(18,19)13-10-4-2-3-9(12-10)5-6-11(14)15/h2-6H,7-8H2,1H3,(H,12,13)(H,14,15). The Morgan fingerprint density at radius 1 is 1.29 bits per heavy atom. The molecule has 8 nitrogen and oxygen atoms in total. The molecule has 1 aromatic heterocycles. The minimum Gasteiger partial charge on any atom is -0.478 e. The first-order valence-electron chi connectivity index (χ1n) is 5.64. The van der Waals surface area contributed by atoms with Gasteiger partial charge in [-0.15, -0.1) is 0 Å². The average Bonchev–Trinajstić information content (AvgIpc) is 2.33. The minimum absolute atomic E-state index is 0.0176. The molecule has 0 unspecified atom stereocenters. The molecule has 0 aliphatic heterocycles. The number of sulfone groups is 1. The summed E-state index contributed by atoms with van der Waals surface area (Å²) in [6.45, 7) is 0. The van der Waals surface area contributed by atoms with Gasteiger partial charge in [0.1, 0.15) is 15.7 Å². The van der Waals surface area contributed by atoms with Gasteiger partial charge in [-0.2, -0.15) is 0 Å². The molecule has 0 bridgehead atoms. The maximum absolute atomic E-state index is 11.7. The highest BCUT2D eigenvalue weighted by atomic mass is 32.2. The van der Waals surface area contributed by atoms with Crippen molar-refractivity contribution in [1.29, 1.82) is 0 Å². The number of aromatic nitrogens is 1. The lowest BCUT2D eigenvalue weighted by Gasteiger charge is -2.07. The van der Waals surface area contributed by atoms with E-state index in [1.54, 1.807) is 0 Å². The SMILES string of the molecule is CS(=O)(=O)CCS(=O)(=O)Nc1cccc(C=CC(=O)O)n1. The average molecular weight is 334 g/mol. The Bertz CT molecular complexity index is 753. The predicted molar refractivity (Wildman–Crippen MR) is 78.0 cm³/mol. The third kappa shape index (κ3) is 7.42. The van der Waals surface area contributed by atoms with Crippen LogP contribution in [-0.4, -0.2) is 50.7 Å². The summed E-state index contributed by atoms with van der Waals surface area (Å²) in [5.41, 5.74) is 0.251. The summed E-state index contributed by atoms with van der Waals surface area (Å²) in [6, 6.07) is 4.35. The van der Waals surface area contributed by atoms with Crippen LogP contribution >= 0.6 is 0 Å². The highest BCUT2D eigenvalue weighted by Gasteiger charge is 2.15. The molecule has 0 aliphatic rings. The first kappa shape index (κ1) is 17.1. The smallest absolute Gasteiger partial charge is 0.328 e. The number of hydrogen-bond donors (Lipinski definition) is 2. The zero-order valence-corrected chi connectivity index (χ0v) is 12.7. The molecule has 0 fully saturated rings. The van der Waals surface area contributed by atoms with Crippen molar-refractivity contribution in [2.45, 2.75) is 0 Å². The molecule has 10 heteroatoms. The van der Waals surface area contributed by atoms with Crippen molar-refractivity contribution in [2.24, 2.45) is 0 Å². The topological polar surface area (TPSA) is 130 Å². The van der Waals surface area contributed by atoms with Crippen molar-refractivity contribution in [3.63, 3.8) is 0 Å². The molecule has 0 radical (unpaired) electrons. The highest BCUT2D eigenvalue weighted by molar-refractivity contribution is 7.95. The summed E-state index contributed by atoms with van der Waals surface area (Å²) in [6.07, 6.45) is 3.01. The number of carbonyl (C=O) groups is 1. The molecule has 0 spiro atoms. The molecule has 0 aliphatic carbocycles. The summed E-state index contributed by atoms with van der Waals surface area (Å²) >= 11 is 0. The van der Waals surface area contributed by atoms with Crippen LogP contribution in [0.5, 0.6) is 0 Å². The monoisotopic (exact) mass is 334 g/mol. The zero-order chi connectivity index (χ0) is 16.1. The minimum atomic E-state index is -3.85. The summed E-state index contributed by atoms with van der Waals surface area (Å²) in [7, 11) is -7.24. The van der Waals surface area contributed by atoms with Crippen molar-refractivity contribution < 1.29 is 26.7 Å². The van der Waals surface area contributed by atoms with Gasteiger partial charge in [-0.3, -0.25) is 4.72 Å². The lowest BCUT2D eigenvalue weighted by atomic mass is 10.3. The predicted octanol–water partition coefficient (Wildman–Crippen LogP) is -0.0343. The molecular formula is C11H14N2O6S2. The van der Waals surface area contributed by atoms with Crippen molar-refractivity contribution >= 4 is 37.7 Å². The summed E-state index contributed by atoms with van der Waals surface area (Å²) in [5, 5.41) is 8.49. The zero-order valence-electron chi connectivity index (χ0n) is 11.1. The van der Waals surface area contributed by atoms with Gasteiger partial charge in [0, 0.05) is 12.3 Å². The van der Waals surface area contributed by atoms with Crippen LogP contribution in [0.15, 0.2) is 24.3 Å². The van der Waals surface area contributed by atoms with Gasteiger partial charge < -0.3 is 5.11 Å². The second-order valence-electron chi connectivity index (χ2n) is 4.17. The quantitative estimate of drug-likeness (QED) is 0.669. The number of aliphatic carboxylic acids is 1. The Hall–Kier alpha value is -1.94. The fraction of sp³-hybridized carbons (Fsp3) is 0.273. The molecule has 1 heterocycles. The van der Waals surface area contributed by atoms with Crippen molar-refractivity contribution in [3.05, 3.63) is 30.0 Å². The normalized spacial score (nSPS) is 12.4. The van der Waals surface area contributed by atoms with E-state index < -0.39 is 37.3 Å². The Labute approximate surface area is 122 Å². The Morgan fingerprint density at radius 3 is 2.52 bits per heavy atom. The first-order valence-corrected chi connectivity index (χ1v) is 9.35. The van der Waals surface area contributed by atoms with Crippen molar-refractivity contribution in [2.75, 3.05) is 22.5 Å². The van der Waals surface area contributed by atoms with Crippen LogP contribution in [0, 0.1) is 0 Å². The molecular weight excluding hydrogens is 320 g/mol. The summed E-state index contributed by atoms with van der Waals surface area (Å²) in [4.78, 5) is 14.3. The van der Waals surface area contributed by atoms with E-state index >= 15 is 0 Å². The van der Waals surface area contributed by atoms with Gasteiger partial charge in [-0.25, -0.2) is 26.6 Å². The van der Waals surface area contributed by atoms with Crippen molar-refractivity contribution in [3.8, 4) is 0 Å². The molecule has 0 aromatic carbocycles. The molecule has 21 heavy (non-hydrogen) atoms. The van der Waals surface area contributed by atoms with Gasteiger partial charge >= 0.3 is 5.97 Å². The van der Waals surface area contributed by atoms with Gasteiger partial charge in [-0.05, 0) is 18.2 Å². The van der Waals surface area contributed by atoms with E-state index in [9.17, 15) is 21.6 Å². The number of carboxylic acids is 1. The third-order valence-corrected chi connectivity index (χ3v) is 4.62. The fourth-order valence-electron chi connectivity index (χ4n) is 1.23. The number of carboxylic acid groups (broad SMARTS) is 1. The second kappa shape index (κ2) is 6.68. The molecule has 0 atom stereocenters. The van der Waals surface area contributed by atoms with Gasteiger partial charge in [0.2, 0.25) is 10.0 Å². The highest BCUT2D eigenvalue weighted by Crippen LogP contribution is 2.09. The van der Waals surface area contributed by atoms with Crippen molar-refractivity contribution in [1.82, 2.24) is 4.98 Å². The van der Waals surface area contributed by atoms with E-state index in [1.807, 2.05) is 0 Å². The van der Waals surface area contributed by atoms with Gasteiger partial charge in [-0.1, -0.05) is 6.07 Å². The lowest BCUT2D eigenvalue weighted by molar-refractivity contribution is -0.131. The molecule has 116 valence electrons. The van der Waals surface area contributed by atoms with E-state index in [0.29, 0.717) is 0 Å². The van der Waals surface area contributed by atoms with Crippen LogP contribution in [0.2, 0.25) is 0 Å². The van der Waals surface area contributed by atoms with E-state index in [1.165, 1.54) is 24.3 Å². The number of pyridine rings is 1. The Balaban J connectivity index is 2.83. The third-order valence-electron chi connectivity index (χ3n) is 2.15. The summed E-state index contributed by atoms with van der Waals surface area (Å²) < 4.78 is 47.4. The van der Waals surface area contributed by atoms with Gasteiger partial charge in [0.15, 0.2) is 0 Å². The number of sulfonamides is 1. The van der Waals surface area contributed by atoms with Crippen LogP contribution < -0.4 is 4.72 Å². The largest absolute Gasteiger partial charge is 0.478 e. The number of rotatable bonds is 7. The molecule has 0 saturated carbocycles. The number of nitrogens with one attached hydrogen (secondary N) is 1. The van der Waals surface area contributed by atoms with Crippen LogP contribution in [0.3, 0.4) is 0 Å². The maximum Gasteiger partial charge on any atom is 0.328 e. The van der Waals surface area contributed by atoms with E-state index in [-0.39, 0.29) is 11.5 Å². The van der Waals surface area contributed by atoms with E-state index in [2.05, 4.69) is 9.71 Å². The van der Waals surface area contributed by atoms with E-state index in [4.69, 9.17) is 5.11 Å². The summed E-state index contributed by atoms with van der Waals surface area (Å²) in [5.74, 6) is -2.25. The van der Waals surface area contributed by atoms with Gasteiger partial charge in [0.05, 0.1) is 17.2 Å². The number of anilines is 1. The molecule has 2 N–H and O–H groups in total. The molecule has 1 rings (SSSR count). The number of hydrogen-bond acceptors (Lipinski definition) is 6. The first-order chi connectivity index (χ1) is 9.57. The van der Waals surface area contributed by atoms with Gasteiger partial charge in [0.25, 0.3) is 0 Å². The lowest BCUT2D eigenvalue weighted by Crippen LogP contribution is -2.22. The van der Waals surface area contributed by atoms with E-state index in [0.717, 1.165) is 12.3 Å². The maximum atomic E-state index is 11.7. The molecule has 1 aromatic rings. The van der Waals surface area contributed by atoms with Crippen LogP contribution in [0.4, 0.5) is 5.82 Å². The van der Waals surface area contributed by atoms with Crippen LogP contribution in [0.1, 0.15) is 5.69 Å². The fourth-order valence-corrected chi connectivity index (χ4v) is 3.85. The van der Waals surface area contributed by atoms with Crippen LogP contribution in [-0.2, 0) is 24.7 Å². The Kier molecular flexibility index (Phi) is 5.44. The Morgan fingerprint density at radius 2 is 1.95 bits per heavy atom. The second-order valence-corrected chi connectivity index (χ2v) is 8.27. The number of nitrogens with zero attached hydrogens (tertiary/aromatic N) is 1. The van der Waals surface area contributed by atoms with Crippen LogP contribution in [0.25, 0.3) is 6.08 Å². The molecule has 0 saturated heterocycles.